The largest absolute Gasteiger partial charge is 0.396 e. The molecule has 17 heavy (non-hydrogen) atoms. The monoisotopic (exact) mass is 239 g/mol. The van der Waals surface area contributed by atoms with Crippen LogP contribution >= 0.6 is 0 Å². The van der Waals surface area contributed by atoms with E-state index in [1.165, 1.54) is 6.07 Å². The number of hydrogen-bond acceptors (Lipinski definition) is 2. The summed E-state index contributed by atoms with van der Waals surface area (Å²) in [5, 5.41) is 12.1. The average molecular weight is 239 g/mol. The topological polar surface area (TPSA) is 32.3 Å². The lowest BCUT2D eigenvalue weighted by molar-refractivity contribution is 0.251. The van der Waals surface area contributed by atoms with Gasteiger partial charge in [-0.2, -0.15) is 0 Å². The third kappa shape index (κ3) is 4.84. The van der Waals surface area contributed by atoms with E-state index in [-0.39, 0.29) is 12.4 Å². The molecule has 0 aliphatic heterocycles. The minimum absolute atomic E-state index is 0.154. The standard InChI is InChI=1S/C14H22FNO/c1-3-12(6-7-17)9-16-10-13-8-11(2)4-5-14(13)15/h4-5,8,12,16-17H,3,6-7,9-10H2,1-2H3. The van der Waals surface area contributed by atoms with E-state index in [4.69, 9.17) is 5.11 Å². The van der Waals surface area contributed by atoms with Gasteiger partial charge in [-0.15, -0.1) is 0 Å². The van der Waals surface area contributed by atoms with Gasteiger partial charge >= 0.3 is 0 Å². The van der Waals surface area contributed by atoms with E-state index in [1.54, 1.807) is 6.07 Å². The van der Waals surface area contributed by atoms with Gasteiger partial charge in [0, 0.05) is 18.7 Å². The highest BCUT2D eigenvalue weighted by Gasteiger charge is 2.06. The molecule has 96 valence electrons. The summed E-state index contributed by atoms with van der Waals surface area (Å²) < 4.78 is 13.4. The summed E-state index contributed by atoms with van der Waals surface area (Å²) in [5.74, 6) is 0.311. The van der Waals surface area contributed by atoms with Crippen molar-refractivity contribution in [1.29, 1.82) is 0 Å². The average Bonchev–Trinajstić information content (AvgIpc) is 2.32. The molecule has 3 heteroatoms. The zero-order valence-electron chi connectivity index (χ0n) is 10.7. The molecule has 1 rings (SSSR count). The molecule has 2 N–H and O–H groups in total. The Morgan fingerprint density at radius 2 is 2.18 bits per heavy atom. The lowest BCUT2D eigenvalue weighted by Crippen LogP contribution is -2.23. The van der Waals surface area contributed by atoms with Gasteiger partial charge in [-0.05, 0) is 31.9 Å². The molecule has 0 heterocycles. The van der Waals surface area contributed by atoms with Crippen molar-refractivity contribution < 1.29 is 9.50 Å². The number of benzene rings is 1. The third-order valence-electron chi connectivity index (χ3n) is 3.06. The smallest absolute Gasteiger partial charge is 0.127 e. The predicted molar refractivity (Wildman–Crippen MR) is 68.3 cm³/mol. The van der Waals surface area contributed by atoms with Crippen LogP contribution in [0.3, 0.4) is 0 Å². The molecule has 0 aliphatic rings. The Kier molecular flexibility index (Phi) is 6.16. The molecular weight excluding hydrogens is 217 g/mol. The van der Waals surface area contributed by atoms with E-state index < -0.39 is 0 Å². The predicted octanol–water partition coefficient (Wildman–Crippen LogP) is 2.63. The highest BCUT2D eigenvalue weighted by molar-refractivity contribution is 5.23. The third-order valence-corrected chi connectivity index (χ3v) is 3.06. The summed E-state index contributed by atoms with van der Waals surface area (Å²) in [7, 11) is 0. The van der Waals surface area contributed by atoms with E-state index >= 15 is 0 Å². The van der Waals surface area contributed by atoms with Crippen LogP contribution in [0.1, 0.15) is 30.9 Å². The van der Waals surface area contributed by atoms with E-state index in [9.17, 15) is 4.39 Å². The first kappa shape index (κ1) is 14.1. The molecular formula is C14H22FNO. The quantitative estimate of drug-likeness (QED) is 0.766. The maximum atomic E-state index is 13.4. The summed E-state index contributed by atoms with van der Waals surface area (Å²) in [6, 6.07) is 5.16. The van der Waals surface area contributed by atoms with Crippen molar-refractivity contribution in [3.8, 4) is 0 Å². The molecule has 0 saturated carbocycles. The maximum Gasteiger partial charge on any atom is 0.127 e. The van der Waals surface area contributed by atoms with Crippen LogP contribution < -0.4 is 5.32 Å². The van der Waals surface area contributed by atoms with Gasteiger partial charge < -0.3 is 10.4 Å². The van der Waals surface area contributed by atoms with Crippen molar-refractivity contribution in [2.24, 2.45) is 5.92 Å². The normalized spacial score (nSPS) is 12.7. The van der Waals surface area contributed by atoms with Crippen LogP contribution in [0.25, 0.3) is 0 Å². The van der Waals surface area contributed by atoms with E-state index in [0.717, 1.165) is 24.9 Å². The Bertz CT molecular complexity index is 341. The second kappa shape index (κ2) is 7.41. The number of aliphatic hydroxyl groups is 1. The van der Waals surface area contributed by atoms with Gasteiger partial charge in [-0.3, -0.25) is 0 Å². The molecule has 0 spiro atoms. The fraction of sp³-hybridized carbons (Fsp3) is 0.571. The number of nitrogens with one attached hydrogen (secondary N) is 1. The molecule has 1 atom stereocenters. The second-order valence-corrected chi connectivity index (χ2v) is 4.51. The van der Waals surface area contributed by atoms with Crippen LogP contribution in [-0.2, 0) is 6.54 Å². The maximum absolute atomic E-state index is 13.4. The molecule has 1 unspecified atom stereocenters. The van der Waals surface area contributed by atoms with Crippen molar-refractivity contribution >= 4 is 0 Å². The Morgan fingerprint density at radius 1 is 1.41 bits per heavy atom. The van der Waals surface area contributed by atoms with E-state index in [2.05, 4.69) is 12.2 Å². The molecule has 1 aromatic carbocycles. The number of aliphatic hydroxyl groups excluding tert-OH is 1. The number of halogens is 1. The van der Waals surface area contributed by atoms with Crippen LogP contribution in [0.4, 0.5) is 4.39 Å². The Balaban J connectivity index is 2.42. The lowest BCUT2D eigenvalue weighted by Gasteiger charge is -2.14. The van der Waals surface area contributed by atoms with Crippen molar-refractivity contribution in [3.63, 3.8) is 0 Å². The van der Waals surface area contributed by atoms with Crippen molar-refractivity contribution in [3.05, 3.63) is 35.1 Å². The van der Waals surface area contributed by atoms with Crippen LogP contribution in [0.5, 0.6) is 0 Å². The molecule has 0 radical (unpaired) electrons. The highest BCUT2D eigenvalue weighted by atomic mass is 19.1. The number of hydrogen-bond donors (Lipinski definition) is 2. The zero-order chi connectivity index (χ0) is 12.7. The number of rotatable bonds is 7. The molecule has 1 aromatic rings. The van der Waals surface area contributed by atoms with Crippen molar-refractivity contribution in [1.82, 2.24) is 5.32 Å². The minimum atomic E-state index is -0.154. The first-order valence-electron chi connectivity index (χ1n) is 6.24. The highest BCUT2D eigenvalue weighted by Crippen LogP contribution is 2.11. The van der Waals surface area contributed by atoms with Crippen molar-refractivity contribution in [2.75, 3.05) is 13.2 Å². The summed E-state index contributed by atoms with van der Waals surface area (Å²) in [4.78, 5) is 0. The van der Waals surface area contributed by atoms with Gasteiger partial charge in [0.05, 0.1) is 0 Å². The van der Waals surface area contributed by atoms with Crippen LogP contribution in [0, 0.1) is 18.7 Å². The van der Waals surface area contributed by atoms with Crippen LogP contribution in [0.2, 0.25) is 0 Å². The van der Waals surface area contributed by atoms with Gasteiger partial charge in [0.15, 0.2) is 0 Å². The summed E-state index contributed by atoms with van der Waals surface area (Å²) >= 11 is 0. The van der Waals surface area contributed by atoms with Gasteiger partial charge in [0.2, 0.25) is 0 Å². The molecule has 0 aliphatic carbocycles. The van der Waals surface area contributed by atoms with Gasteiger partial charge in [0.1, 0.15) is 5.82 Å². The van der Waals surface area contributed by atoms with Crippen molar-refractivity contribution in [2.45, 2.75) is 33.2 Å². The Morgan fingerprint density at radius 3 is 2.82 bits per heavy atom. The molecule has 2 nitrogen and oxygen atoms in total. The Labute approximate surface area is 103 Å². The van der Waals surface area contributed by atoms with Gasteiger partial charge in [-0.1, -0.05) is 31.0 Å². The SMILES string of the molecule is CCC(CCO)CNCc1cc(C)ccc1F. The molecule has 0 fully saturated rings. The summed E-state index contributed by atoms with van der Waals surface area (Å²) in [6.45, 7) is 5.66. The first-order valence-corrected chi connectivity index (χ1v) is 6.24. The minimum Gasteiger partial charge on any atom is -0.396 e. The van der Waals surface area contributed by atoms with E-state index in [0.29, 0.717) is 18.0 Å². The Hall–Kier alpha value is -0.930. The van der Waals surface area contributed by atoms with Crippen LogP contribution in [0.15, 0.2) is 18.2 Å². The molecule has 0 saturated heterocycles. The fourth-order valence-electron chi connectivity index (χ4n) is 1.88. The lowest BCUT2D eigenvalue weighted by atomic mass is 10.0. The van der Waals surface area contributed by atoms with Gasteiger partial charge in [-0.25, -0.2) is 4.39 Å². The van der Waals surface area contributed by atoms with E-state index in [1.807, 2.05) is 13.0 Å². The van der Waals surface area contributed by atoms with Crippen LogP contribution in [-0.4, -0.2) is 18.3 Å². The second-order valence-electron chi connectivity index (χ2n) is 4.51. The first-order chi connectivity index (χ1) is 8.17. The molecule has 0 amide bonds. The summed E-state index contributed by atoms with van der Waals surface area (Å²) in [5.41, 5.74) is 1.79. The van der Waals surface area contributed by atoms with Gasteiger partial charge in [0.25, 0.3) is 0 Å². The fourth-order valence-corrected chi connectivity index (χ4v) is 1.88. The summed E-state index contributed by atoms with van der Waals surface area (Å²) in [6.07, 6.45) is 1.84. The molecule has 0 aromatic heterocycles. The zero-order valence-corrected chi connectivity index (χ0v) is 10.7. The molecule has 0 bridgehead atoms. The number of aryl methyl sites for hydroxylation is 1.